The van der Waals surface area contributed by atoms with Gasteiger partial charge in [-0.3, -0.25) is 4.79 Å². The van der Waals surface area contributed by atoms with Gasteiger partial charge in [-0.05, 0) is 43.2 Å². The van der Waals surface area contributed by atoms with Gasteiger partial charge in [-0.15, -0.1) is 0 Å². The Balaban J connectivity index is 1.63. The van der Waals surface area contributed by atoms with Gasteiger partial charge in [-0.25, -0.2) is 4.98 Å². The molecule has 0 saturated carbocycles. The summed E-state index contributed by atoms with van der Waals surface area (Å²) in [6.07, 6.45) is 0.996. The number of benzene rings is 2. The van der Waals surface area contributed by atoms with E-state index in [0.29, 0.717) is 30.2 Å². The Hall–Kier alpha value is -3.28. The molecule has 0 spiro atoms. The molecule has 3 rings (SSSR count). The largest absolute Gasteiger partial charge is 0.496 e. The van der Waals surface area contributed by atoms with Crippen LogP contribution < -0.4 is 9.47 Å². The molecule has 0 atom stereocenters. The number of carbonyl (C=O) groups is 1. The molecule has 0 radical (unpaired) electrons. The highest BCUT2D eigenvalue weighted by Crippen LogP contribution is 2.30. The number of methoxy groups -OCH3 is 2. The lowest BCUT2D eigenvalue weighted by molar-refractivity contribution is -0.140. The summed E-state index contributed by atoms with van der Waals surface area (Å²) in [5.41, 5.74) is 2.62. The van der Waals surface area contributed by atoms with Crippen molar-refractivity contribution >= 4 is 5.97 Å². The molecular formula is C22H23NO5. The van der Waals surface area contributed by atoms with Crippen molar-refractivity contribution in [3.63, 3.8) is 0 Å². The summed E-state index contributed by atoms with van der Waals surface area (Å²) in [7, 11) is 3.01. The predicted molar refractivity (Wildman–Crippen MR) is 104 cm³/mol. The Morgan fingerprint density at radius 1 is 1.07 bits per heavy atom. The van der Waals surface area contributed by atoms with Gasteiger partial charge >= 0.3 is 5.97 Å². The highest BCUT2D eigenvalue weighted by atomic mass is 16.5. The monoisotopic (exact) mass is 381 g/mol. The van der Waals surface area contributed by atoms with E-state index in [9.17, 15) is 4.79 Å². The van der Waals surface area contributed by atoms with Crippen LogP contribution in [-0.4, -0.2) is 25.2 Å². The van der Waals surface area contributed by atoms with E-state index in [-0.39, 0.29) is 12.6 Å². The van der Waals surface area contributed by atoms with Crippen molar-refractivity contribution in [3.8, 4) is 23.0 Å². The van der Waals surface area contributed by atoms with Crippen LogP contribution in [0.25, 0.3) is 11.5 Å². The molecule has 0 aliphatic heterocycles. The summed E-state index contributed by atoms with van der Waals surface area (Å²) < 4.78 is 21.7. The van der Waals surface area contributed by atoms with Gasteiger partial charge in [0.15, 0.2) is 5.76 Å². The summed E-state index contributed by atoms with van der Waals surface area (Å²) in [6, 6.07) is 15.2. The standard InChI is InChI=1S/C22H23NO5/c1-15-20(28-22(23-15)18-6-4-5-7-19(18)25-2)14-27-17-11-8-16(9-12-17)10-13-21(24)26-3/h4-9,11-12H,10,13-14H2,1-3H3. The Morgan fingerprint density at radius 3 is 2.54 bits per heavy atom. The summed E-state index contributed by atoms with van der Waals surface area (Å²) in [5.74, 6) is 2.38. The van der Waals surface area contributed by atoms with Crippen LogP contribution in [0.2, 0.25) is 0 Å². The maximum absolute atomic E-state index is 11.2. The number of ether oxygens (including phenoxy) is 3. The zero-order chi connectivity index (χ0) is 19.9. The summed E-state index contributed by atoms with van der Waals surface area (Å²) >= 11 is 0. The SMILES string of the molecule is COC(=O)CCc1ccc(OCc2oc(-c3ccccc3OC)nc2C)cc1. The van der Waals surface area contributed by atoms with Crippen LogP contribution in [0.4, 0.5) is 0 Å². The molecule has 2 aromatic carbocycles. The fourth-order valence-electron chi connectivity index (χ4n) is 2.75. The molecule has 0 aliphatic rings. The van der Waals surface area contributed by atoms with E-state index in [1.54, 1.807) is 7.11 Å². The Morgan fingerprint density at radius 2 is 1.82 bits per heavy atom. The van der Waals surface area contributed by atoms with Gasteiger partial charge in [-0.1, -0.05) is 24.3 Å². The van der Waals surface area contributed by atoms with Crippen LogP contribution in [-0.2, 0) is 22.6 Å². The Bertz CT molecular complexity index is 930. The molecule has 0 saturated heterocycles. The van der Waals surface area contributed by atoms with Crippen LogP contribution in [0.3, 0.4) is 0 Å². The number of hydrogen-bond acceptors (Lipinski definition) is 6. The van der Waals surface area contributed by atoms with Crippen LogP contribution in [0.15, 0.2) is 52.9 Å². The fourth-order valence-corrected chi connectivity index (χ4v) is 2.75. The van der Waals surface area contributed by atoms with E-state index in [2.05, 4.69) is 9.72 Å². The highest BCUT2D eigenvalue weighted by molar-refractivity contribution is 5.69. The molecule has 0 unspecified atom stereocenters. The number of aryl methyl sites for hydroxylation is 2. The molecule has 146 valence electrons. The number of hydrogen-bond donors (Lipinski definition) is 0. The molecule has 6 nitrogen and oxygen atoms in total. The molecule has 0 aliphatic carbocycles. The smallest absolute Gasteiger partial charge is 0.305 e. The number of esters is 1. The van der Waals surface area contributed by atoms with E-state index < -0.39 is 0 Å². The minimum Gasteiger partial charge on any atom is -0.496 e. The van der Waals surface area contributed by atoms with Crippen LogP contribution in [0.5, 0.6) is 11.5 Å². The molecule has 1 aromatic heterocycles. The quantitative estimate of drug-likeness (QED) is 0.541. The number of oxazole rings is 1. The molecule has 6 heteroatoms. The van der Waals surface area contributed by atoms with E-state index in [0.717, 1.165) is 22.6 Å². The van der Waals surface area contributed by atoms with Gasteiger partial charge in [0, 0.05) is 6.42 Å². The van der Waals surface area contributed by atoms with Crippen molar-refractivity contribution in [2.45, 2.75) is 26.4 Å². The number of carbonyl (C=O) groups excluding carboxylic acids is 1. The van der Waals surface area contributed by atoms with Gasteiger partial charge in [0.25, 0.3) is 0 Å². The van der Waals surface area contributed by atoms with Gasteiger partial charge in [0.05, 0.1) is 25.5 Å². The van der Waals surface area contributed by atoms with E-state index in [1.165, 1.54) is 7.11 Å². The molecule has 0 fully saturated rings. The topological polar surface area (TPSA) is 70.8 Å². The van der Waals surface area contributed by atoms with Crippen molar-refractivity contribution in [2.24, 2.45) is 0 Å². The van der Waals surface area contributed by atoms with Crippen molar-refractivity contribution in [1.29, 1.82) is 0 Å². The number of rotatable bonds is 8. The third-order valence-electron chi connectivity index (χ3n) is 4.37. The predicted octanol–water partition coefficient (Wildman–Crippen LogP) is 4.34. The van der Waals surface area contributed by atoms with Gasteiger partial charge in [0.1, 0.15) is 18.1 Å². The minimum absolute atomic E-state index is 0.216. The van der Waals surface area contributed by atoms with Crippen LogP contribution >= 0.6 is 0 Å². The molecule has 0 N–H and O–H groups in total. The van der Waals surface area contributed by atoms with Crippen molar-refractivity contribution in [2.75, 3.05) is 14.2 Å². The maximum atomic E-state index is 11.2. The first-order valence-corrected chi connectivity index (χ1v) is 8.99. The van der Waals surface area contributed by atoms with Crippen LogP contribution in [0.1, 0.15) is 23.4 Å². The molecule has 0 bridgehead atoms. The highest BCUT2D eigenvalue weighted by Gasteiger charge is 2.15. The number of para-hydroxylation sites is 1. The number of nitrogens with zero attached hydrogens (tertiary/aromatic N) is 1. The van der Waals surface area contributed by atoms with Crippen molar-refractivity contribution in [1.82, 2.24) is 4.98 Å². The van der Waals surface area contributed by atoms with Gasteiger partial charge < -0.3 is 18.6 Å². The first kappa shape index (κ1) is 19.5. The first-order chi connectivity index (χ1) is 13.6. The summed E-state index contributed by atoms with van der Waals surface area (Å²) in [6.45, 7) is 2.16. The molecule has 0 amide bonds. The van der Waals surface area contributed by atoms with E-state index in [1.807, 2.05) is 55.5 Å². The zero-order valence-electron chi connectivity index (χ0n) is 16.2. The lowest BCUT2D eigenvalue weighted by Crippen LogP contribution is -2.02. The Labute approximate surface area is 164 Å². The second-order valence-electron chi connectivity index (χ2n) is 6.24. The molecule has 28 heavy (non-hydrogen) atoms. The third kappa shape index (κ3) is 4.71. The Kier molecular flexibility index (Phi) is 6.32. The van der Waals surface area contributed by atoms with Crippen molar-refractivity contribution < 1.29 is 23.4 Å². The van der Waals surface area contributed by atoms with Crippen molar-refractivity contribution in [3.05, 3.63) is 65.5 Å². The second kappa shape index (κ2) is 9.08. The molecular weight excluding hydrogens is 358 g/mol. The summed E-state index contributed by atoms with van der Waals surface area (Å²) in [5, 5.41) is 0. The molecule has 3 aromatic rings. The lowest BCUT2D eigenvalue weighted by Gasteiger charge is -2.06. The normalized spacial score (nSPS) is 10.5. The van der Waals surface area contributed by atoms with Gasteiger partial charge in [-0.2, -0.15) is 0 Å². The van der Waals surface area contributed by atoms with E-state index >= 15 is 0 Å². The number of aromatic nitrogens is 1. The first-order valence-electron chi connectivity index (χ1n) is 8.99. The van der Waals surface area contributed by atoms with E-state index in [4.69, 9.17) is 13.9 Å². The maximum Gasteiger partial charge on any atom is 0.305 e. The third-order valence-corrected chi connectivity index (χ3v) is 4.37. The fraction of sp³-hybridized carbons (Fsp3) is 0.273. The minimum atomic E-state index is -0.216. The lowest BCUT2D eigenvalue weighted by atomic mass is 10.1. The van der Waals surface area contributed by atoms with Gasteiger partial charge in [0.2, 0.25) is 5.89 Å². The zero-order valence-corrected chi connectivity index (χ0v) is 16.2. The average molecular weight is 381 g/mol. The molecule has 1 heterocycles. The van der Waals surface area contributed by atoms with Crippen LogP contribution in [0, 0.1) is 6.92 Å². The average Bonchev–Trinajstić information content (AvgIpc) is 3.11. The second-order valence-corrected chi connectivity index (χ2v) is 6.24. The summed E-state index contributed by atoms with van der Waals surface area (Å²) in [4.78, 5) is 15.7.